The summed E-state index contributed by atoms with van der Waals surface area (Å²) in [6, 6.07) is 0. The van der Waals surface area contributed by atoms with Crippen LogP contribution in [0, 0.1) is 27.1 Å². The van der Waals surface area contributed by atoms with E-state index in [2.05, 4.69) is 90.0 Å². The summed E-state index contributed by atoms with van der Waals surface area (Å²) in [6.45, 7) is 31.5. The van der Waals surface area contributed by atoms with Gasteiger partial charge in [0.25, 0.3) is 0 Å². The lowest BCUT2D eigenvalue weighted by Crippen LogP contribution is -2.60. The standard InChI is InChI=1S/C19H46O2Si3/c1-14(2,3)15(4,5)16(6,7)17(8,9)18(10,11)19(12,13)24(20-22)21-23/h24H,1-13,22-23H3. The van der Waals surface area contributed by atoms with Gasteiger partial charge in [0, 0.05) is 5.04 Å². The quantitative estimate of drug-likeness (QED) is 0.617. The maximum atomic E-state index is 6.00. The van der Waals surface area contributed by atoms with E-state index >= 15 is 0 Å². The Labute approximate surface area is 160 Å². The van der Waals surface area contributed by atoms with Crippen LogP contribution in [0.1, 0.15) is 90.0 Å². The molecule has 0 unspecified atom stereocenters. The molecule has 0 saturated heterocycles. The maximum Gasteiger partial charge on any atom is 0.306 e. The molecule has 0 heterocycles. The fraction of sp³-hybridized carbons (Fsp3) is 1.00. The Morgan fingerprint density at radius 2 is 0.792 bits per heavy atom. The summed E-state index contributed by atoms with van der Waals surface area (Å²) in [4.78, 5) is 0. The SMILES string of the molecule is CC(C)(C)C(C)(C)C(C)(C)C(C)(C)C(C)(C)C(C)(C)[SiH](O[SiH3])O[SiH3]. The van der Waals surface area contributed by atoms with Crippen molar-refractivity contribution in [2.24, 2.45) is 27.1 Å². The highest BCUT2D eigenvalue weighted by molar-refractivity contribution is 6.56. The van der Waals surface area contributed by atoms with Crippen molar-refractivity contribution in [1.82, 2.24) is 0 Å². The van der Waals surface area contributed by atoms with Crippen LogP contribution in [0.4, 0.5) is 0 Å². The van der Waals surface area contributed by atoms with Gasteiger partial charge in [0.15, 0.2) is 0 Å². The topological polar surface area (TPSA) is 18.5 Å². The van der Waals surface area contributed by atoms with Crippen LogP contribution in [0.5, 0.6) is 0 Å². The van der Waals surface area contributed by atoms with E-state index in [0.717, 1.165) is 21.0 Å². The zero-order valence-corrected chi connectivity index (χ0v) is 24.5. The van der Waals surface area contributed by atoms with Gasteiger partial charge in [-0.2, -0.15) is 0 Å². The van der Waals surface area contributed by atoms with Crippen molar-refractivity contribution in [2.45, 2.75) is 95.0 Å². The first-order valence-electron chi connectivity index (χ1n) is 9.33. The van der Waals surface area contributed by atoms with E-state index in [1.165, 1.54) is 0 Å². The van der Waals surface area contributed by atoms with Crippen molar-refractivity contribution in [3.05, 3.63) is 0 Å². The van der Waals surface area contributed by atoms with Crippen molar-refractivity contribution in [3.8, 4) is 0 Å². The summed E-state index contributed by atoms with van der Waals surface area (Å²) in [5.41, 5.74) is 0.725. The number of rotatable bonds is 7. The highest BCUT2D eigenvalue weighted by Crippen LogP contribution is 2.69. The van der Waals surface area contributed by atoms with E-state index in [1.807, 2.05) is 0 Å². The van der Waals surface area contributed by atoms with Crippen LogP contribution in [0.25, 0.3) is 0 Å². The van der Waals surface area contributed by atoms with Gasteiger partial charge in [-0.1, -0.05) is 90.0 Å². The van der Waals surface area contributed by atoms with Crippen LogP contribution in [0.3, 0.4) is 0 Å². The monoisotopic (exact) mass is 390 g/mol. The largest absolute Gasteiger partial charge is 0.447 e. The van der Waals surface area contributed by atoms with Gasteiger partial charge in [-0.05, 0) is 27.1 Å². The molecule has 0 aliphatic heterocycles. The predicted molar refractivity (Wildman–Crippen MR) is 118 cm³/mol. The van der Waals surface area contributed by atoms with Gasteiger partial charge >= 0.3 is 9.28 Å². The minimum atomic E-state index is -1.67. The fourth-order valence-corrected chi connectivity index (χ4v) is 12.5. The Kier molecular flexibility index (Phi) is 7.11. The van der Waals surface area contributed by atoms with Crippen molar-refractivity contribution >= 4 is 30.3 Å². The molecule has 0 atom stereocenters. The van der Waals surface area contributed by atoms with E-state index in [9.17, 15) is 0 Å². The van der Waals surface area contributed by atoms with Crippen molar-refractivity contribution < 1.29 is 8.23 Å². The van der Waals surface area contributed by atoms with Gasteiger partial charge in [-0.3, -0.25) is 0 Å². The van der Waals surface area contributed by atoms with Gasteiger partial charge in [-0.25, -0.2) is 0 Å². The summed E-state index contributed by atoms with van der Waals surface area (Å²) in [6.07, 6.45) is 0. The Bertz CT molecular complexity index is 428. The summed E-state index contributed by atoms with van der Waals surface area (Å²) in [5, 5.41) is 0.0607. The fourth-order valence-electron chi connectivity index (χ4n) is 4.29. The second kappa shape index (κ2) is 6.95. The van der Waals surface area contributed by atoms with E-state index in [-0.39, 0.29) is 32.1 Å². The summed E-state index contributed by atoms with van der Waals surface area (Å²) < 4.78 is 12.0. The summed E-state index contributed by atoms with van der Waals surface area (Å²) in [5.74, 6) is 0. The predicted octanol–water partition coefficient (Wildman–Crippen LogP) is 3.73. The highest BCUT2D eigenvalue weighted by atomic mass is 28.4. The molecule has 0 aromatic carbocycles. The molecular formula is C19H46O2Si3. The van der Waals surface area contributed by atoms with Gasteiger partial charge in [-0.15, -0.1) is 0 Å². The minimum Gasteiger partial charge on any atom is -0.447 e. The highest BCUT2D eigenvalue weighted by Gasteiger charge is 2.62. The number of hydrogen-bond donors (Lipinski definition) is 0. The third-order valence-electron chi connectivity index (χ3n) is 9.19. The Balaban J connectivity index is 6.30. The molecule has 0 aromatic heterocycles. The maximum absolute atomic E-state index is 6.00. The van der Waals surface area contributed by atoms with Gasteiger partial charge in [0.05, 0.1) is 0 Å². The van der Waals surface area contributed by atoms with Crippen LogP contribution in [0.2, 0.25) is 5.04 Å². The molecular weight excluding hydrogens is 344 g/mol. The zero-order chi connectivity index (χ0) is 20.0. The molecule has 0 spiro atoms. The second-order valence-corrected chi connectivity index (χ2v) is 17.2. The van der Waals surface area contributed by atoms with Crippen LogP contribution in [0.15, 0.2) is 0 Å². The lowest BCUT2D eigenvalue weighted by Gasteiger charge is -2.66. The molecule has 0 saturated carbocycles. The molecule has 0 aromatic rings. The molecule has 0 rings (SSSR count). The average Bonchev–Trinajstić information content (AvgIpc) is 2.37. The molecule has 0 aliphatic carbocycles. The molecule has 0 N–H and O–H groups in total. The smallest absolute Gasteiger partial charge is 0.306 e. The minimum absolute atomic E-state index is 0.0607. The van der Waals surface area contributed by atoms with Gasteiger partial charge in [0.2, 0.25) is 0 Å². The molecule has 2 nitrogen and oxygen atoms in total. The van der Waals surface area contributed by atoms with E-state index in [1.54, 1.807) is 0 Å². The first kappa shape index (κ1) is 24.6. The van der Waals surface area contributed by atoms with Crippen molar-refractivity contribution in [2.75, 3.05) is 0 Å². The first-order valence-corrected chi connectivity index (χ1v) is 12.5. The van der Waals surface area contributed by atoms with Gasteiger partial charge in [0.1, 0.15) is 21.0 Å². The van der Waals surface area contributed by atoms with Crippen LogP contribution in [-0.2, 0) is 8.23 Å². The Morgan fingerprint density at radius 3 is 1.04 bits per heavy atom. The molecule has 0 bridgehead atoms. The lowest BCUT2D eigenvalue weighted by molar-refractivity contribution is -0.148. The average molecular weight is 391 g/mol. The Morgan fingerprint density at radius 1 is 0.500 bits per heavy atom. The van der Waals surface area contributed by atoms with E-state index < -0.39 is 9.28 Å². The molecule has 0 aliphatic rings. The molecule has 5 heteroatoms. The third kappa shape index (κ3) is 3.40. The zero-order valence-electron chi connectivity index (χ0n) is 19.4. The second-order valence-electron chi connectivity index (χ2n) is 11.3. The molecule has 24 heavy (non-hydrogen) atoms. The molecule has 0 fully saturated rings. The molecule has 146 valence electrons. The Hall–Kier alpha value is 0.571. The summed E-state index contributed by atoms with van der Waals surface area (Å²) >= 11 is 0. The third-order valence-corrected chi connectivity index (χ3v) is 14.5. The van der Waals surface area contributed by atoms with E-state index in [0.29, 0.717) is 0 Å². The number of hydrogen-bond acceptors (Lipinski definition) is 2. The molecule has 0 radical (unpaired) electrons. The normalized spacial score (nSPS) is 17.4. The molecule has 0 amide bonds. The lowest BCUT2D eigenvalue weighted by atomic mass is 9.41. The van der Waals surface area contributed by atoms with Crippen molar-refractivity contribution in [3.63, 3.8) is 0 Å². The van der Waals surface area contributed by atoms with Crippen LogP contribution in [-0.4, -0.2) is 30.3 Å². The van der Waals surface area contributed by atoms with Gasteiger partial charge < -0.3 is 8.23 Å². The summed E-state index contributed by atoms with van der Waals surface area (Å²) in [7, 11) is -0.140. The van der Waals surface area contributed by atoms with Crippen LogP contribution >= 0.6 is 0 Å². The first-order chi connectivity index (χ1) is 10.3. The van der Waals surface area contributed by atoms with Crippen LogP contribution < -0.4 is 0 Å². The van der Waals surface area contributed by atoms with E-state index in [4.69, 9.17) is 8.23 Å². The van der Waals surface area contributed by atoms with Crippen molar-refractivity contribution in [1.29, 1.82) is 0 Å².